The summed E-state index contributed by atoms with van der Waals surface area (Å²) in [4.78, 5) is 52.8. The van der Waals surface area contributed by atoms with Gasteiger partial charge in [-0.25, -0.2) is 39.1 Å². The Labute approximate surface area is 486 Å². The van der Waals surface area contributed by atoms with E-state index in [2.05, 4.69) is 138 Å². The van der Waals surface area contributed by atoms with Crippen LogP contribution in [0.4, 0.5) is 23.3 Å². The van der Waals surface area contributed by atoms with E-state index in [0.29, 0.717) is 77.3 Å². The number of anilines is 4. The number of aromatic nitrogens is 6. The normalized spacial score (nSPS) is 20.9. The Bertz CT molecular complexity index is 3400. The van der Waals surface area contributed by atoms with E-state index in [1.807, 2.05) is 12.2 Å². The largest absolute Gasteiger partial charge is 0.482 e. The van der Waals surface area contributed by atoms with Gasteiger partial charge in [0.15, 0.2) is 15.9 Å². The molecule has 0 radical (unpaired) electrons. The van der Waals surface area contributed by atoms with Crippen LogP contribution in [-0.4, -0.2) is 137 Å². The van der Waals surface area contributed by atoms with E-state index in [1.165, 1.54) is 12.1 Å². The minimum absolute atomic E-state index is 0.174. The molecule has 5 aromatic rings. The maximum absolute atomic E-state index is 13.5. The quantitative estimate of drug-likeness (QED) is 0.0914. The molecule has 5 aromatic heterocycles. The molecule has 2 atom stereocenters. The molecule has 0 aliphatic carbocycles. The Hall–Kier alpha value is -6.23. The Morgan fingerprint density at radius 1 is 0.654 bits per heavy atom. The summed E-state index contributed by atoms with van der Waals surface area (Å²) in [6, 6.07) is 17.7. The highest BCUT2D eigenvalue weighted by Crippen LogP contribution is 2.41. The number of nitrogens with zero attached hydrogens (tertiary/aromatic N) is 9. The standard InChI is InChI=1S/C27H37N7O4SSi.C20H24BrN5O3S.C8H15NOSi/c1-27(2)16-19-8-7-14-28-21-9-6-10-24(29-21)39(36,37)32-26(35)20-11-12-22(30-25(20)33(27)17-19)34-15-13-23(31-34)38-18-40(3,4)5;1-20(2)11-13-5-4-10-22-16-6-3-7-17(24-16)30(28,29)25-19(27)14-8-9-15(21)23-18(14)26(20)12-13;1-11(2,3)7-10-8-5-4-6-9-8/h6,9-13,15,19H,7-8,14,16-18H2,1-5H3,(H,28,29)(H,32,35);3,6-9,13H,4-5,10-12H2,1-2H3,(H,22,24)(H,25,27);4-5H,6-7H2,1-3H3/t19-;13-;/m00./s1. The van der Waals surface area contributed by atoms with Gasteiger partial charge in [-0.15, -0.1) is 5.10 Å². The van der Waals surface area contributed by atoms with Crippen LogP contribution in [0.25, 0.3) is 5.82 Å². The first-order valence-electron chi connectivity index (χ1n) is 27.4. The van der Waals surface area contributed by atoms with Gasteiger partial charge in [0.05, 0.1) is 46.3 Å². The van der Waals surface area contributed by atoms with Crippen molar-refractivity contribution in [2.45, 2.75) is 127 Å². The number of sulfonamides is 2. The van der Waals surface area contributed by atoms with Crippen LogP contribution in [0.3, 0.4) is 0 Å². The van der Waals surface area contributed by atoms with Gasteiger partial charge in [0, 0.05) is 49.5 Å². The van der Waals surface area contributed by atoms with Crippen molar-refractivity contribution in [1.29, 1.82) is 0 Å². The molecule has 10 heterocycles. The first-order valence-corrected chi connectivity index (χ1v) is 38.5. The fraction of sp³-hybridized carbons (Fsp3) is 0.491. The van der Waals surface area contributed by atoms with Gasteiger partial charge in [-0.3, -0.25) is 9.59 Å². The summed E-state index contributed by atoms with van der Waals surface area (Å²) in [5.74, 6) is 3.02. The number of aliphatic imine (C=N–C) groups is 1. The molecule has 0 unspecified atom stereocenters. The van der Waals surface area contributed by atoms with E-state index in [0.717, 1.165) is 63.7 Å². The number of hydrogen-bond donors (Lipinski definition) is 4. The molecule has 5 aliphatic heterocycles. The second kappa shape index (κ2) is 24.7. The Balaban J connectivity index is 0.000000184. The number of pyridine rings is 4. The second-order valence-corrected chi connectivity index (χ2v) is 39.5. The van der Waals surface area contributed by atoms with Crippen molar-refractivity contribution in [3.63, 3.8) is 0 Å². The van der Waals surface area contributed by atoms with Gasteiger partial charge >= 0.3 is 0 Å². The van der Waals surface area contributed by atoms with Crippen LogP contribution in [0, 0.1) is 11.8 Å². The number of halogens is 1. The van der Waals surface area contributed by atoms with Crippen molar-refractivity contribution in [2.24, 2.45) is 16.8 Å². The van der Waals surface area contributed by atoms with Gasteiger partial charge in [0.2, 0.25) is 11.8 Å². The molecule has 2 saturated heterocycles. The van der Waals surface area contributed by atoms with Crippen LogP contribution in [0.5, 0.6) is 5.88 Å². The number of carbonyl (C=O) groups excluding carboxylic acids is 2. The van der Waals surface area contributed by atoms with Crippen LogP contribution in [-0.2, 0) is 24.8 Å². The average Bonchev–Trinajstić information content (AvgIpc) is 4.42. The maximum Gasteiger partial charge on any atom is 0.281 e. The number of rotatable bonds is 6. The lowest BCUT2D eigenvalue weighted by Crippen LogP contribution is -2.41. The summed E-state index contributed by atoms with van der Waals surface area (Å²) < 4.78 is 69.9. The molecule has 2 fully saturated rings. The lowest BCUT2D eigenvalue weighted by Gasteiger charge is -2.34. The molecule has 10 rings (SSSR count). The van der Waals surface area contributed by atoms with Gasteiger partial charge in [-0.05, 0) is 149 Å². The van der Waals surface area contributed by atoms with Crippen molar-refractivity contribution < 1.29 is 35.9 Å². The zero-order valence-electron chi connectivity index (χ0n) is 47.9. The SMILES string of the molecule is CC1(C)C[C@@H]2CCCNc3cccc(n3)S(=O)(=O)NC(=O)c3ccc(-n4ccc(OC[Si](C)(C)C)n4)nc3N1C2.CC1(C)C[C@@H]2CCCNc3cccc(n3)S(=O)(=O)NC(=O)c3ccc(Br)nc3N1C2.C[Si](C)(C)COC1=NCC=C1. The summed E-state index contributed by atoms with van der Waals surface area (Å²) in [7, 11) is -10.8. The Kier molecular flexibility index (Phi) is 18.6. The highest BCUT2D eigenvalue weighted by atomic mass is 79.9. The first-order chi connectivity index (χ1) is 38.0. The third-order valence-electron chi connectivity index (χ3n) is 14.0. The molecular weight excluding hydrogens is 1170 g/mol. The van der Waals surface area contributed by atoms with E-state index in [1.54, 1.807) is 65.5 Å². The molecule has 5 aliphatic rings. The molecule has 4 N–H and O–H groups in total. The van der Waals surface area contributed by atoms with Crippen molar-refractivity contribution in [1.82, 2.24) is 39.2 Å². The Morgan fingerprint density at radius 2 is 1.16 bits per heavy atom. The van der Waals surface area contributed by atoms with Gasteiger partial charge < -0.3 is 29.9 Å². The number of hydrogen-bond acceptors (Lipinski definition) is 18. The van der Waals surface area contributed by atoms with Crippen LogP contribution < -0.4 is 34.6 Å². The summed E-state index contributed by atoms with van der Waals surface area (Å²) in [6.07, 6.45) is 13.0. The smallest absolute Gasteiger partial charge is 0.281 e. The summed E-state index contributed by atoms with van der Waals surface area (Å²) in [5, 5.41) is 10.5. The van der Waals surface area contributed by atoms with Crippen LogP contribution in [0.15, 0.2) is 105 Å². The number of ether oxygens (including phenoxy) is 2. The fourth-order valence-electron chi connectivity index (χ4n) is 10.2. The van der Waals surface area contributed by atoms with Crippen molar-refractivity contribution in [2.75, 3.05) is 65.6 Å². The highest BCUT2D eigenvalue weighted by Gasteiger charge is 2.42. The third kappa shape index (κ3) is 16.1. The van der Waals surface area contributed by atoms with Gasteiger partial charge in [-0.1, -0.05) is 57.5 Å². The van der Waals surface area contributed by atoms with Gasteiger partial charge in [0.1, 0.15) is 27.9 Å². The number of amides is 2. The monoisotopic (exact) mass is 1250 g/mol. The van der Waals surface area contributed by atoms with Crippen LogP contribution in [0.2, 0.25) is 39.3 Å². The van der Waals surface area contributed by atoms with E-state index in [-0.39, 0.29) is 32.3 Å². The minimum Gasteiger partial charge on any atom is -0.482 e. The van der Waals surface area contributed by atoms with Crippen LogP contribution >= 0.6 is 15.9 Å². The predicted octanol–water partition coefficient (Wildman–Crippen LogP) is 8.86. The van der Waals surface area contributed by atoms with Crippen molar-refractivity contribution >= 4 is 93.1 Å². The molecule has 0 spiro atoms. The number of carbonyl (C=O) groups is 2. The Morgan fingerprint density at radius 3 is 1.67 bits per heavy atom. The van der Waals surface area contributed by atoms with E-state index >= 15 is 0 Å². The molecular formula is C55H76BrN13O8S2Si2. The zero-order chi connectivity index (χ0) is 58.5. The highest BCUT2D eigenvalue weighted by molar-refractivity contribution is 9.10. The average molecular weight is 1250 g/mol. The van der Waals surface area contributed by atoms with E-state index < -0.39 is 48.0 Å². The lowest BCUT2D eigenvalue weighted by molar-refractivity contribution is 0.0972. The lowest BCUT2D eigenvalue weighted by atomic mass is 9.93. The zero-order valence-corrected chi connectivity index (χ0v) is 53.1. The molecule has 436 valence electrons. The molecule has 0 aromatic carbocycles. The fourth-order valence-corrected chi connectivity index (χ4v) is 13.5. The van der Waals surface area contributed by atoms with Crippen molar-refractivity contribution in [3.8, 4) is 11.7 Å². The molecule has 8 bridgehead atoms. The third-order valence-corrected chi connectivity index (χ3v) is 18.9. The summed E-state index contributed by atoms with van der Waals surface area (Å²) in [5.41, 5.74) is -0.105. The molecule has 26 heteroatoms. The maximum atomic E-state index is 13.5. The number of fused-ring (bicyclic) bond motifs is 12. The summed E-state index contributed by atoms with van der Waals surface area (Å²) >= 11 is 3.39. The molecule has 0 saturated carbocycles. The van der Waals surface area contributed by atoms with Gasteiger partial charge in [0.25, 0.3) is 31.9 Å². The van der Waals surface area contributed by atoms with E-state index in [9.17, 15) is 26.4 Å². The predicted molar refractivity (Wildman–Crippen MR) is 325 cm³/mol. The molecule has 81 heavy (non-hydrogen) atoms. The molecule has 21 nitrogen and oxygen atoms in total. The summed E-state index contributed by atoms with van der Waals surface area (Å²) in [6.45, 7) is 25.7. The minimum atomic E-state index is -4.22. The van der Waals surface area contributed by atoms with Gasteiger partial charge in [-0.2, -0.15) is 16.8 Å². The molecule has 2 amide bonds. The second-order valence-electron chi connectivity index (χ2n) is 24.6. The number of nitrogens with one attached hydrogen (secondary N) is 4. The van der Waals surface area contributed by atoms with Crippen molar-refractivity contribution in [3.05, 3.63) is 101 Å². The first kappa shape index (κ1) is 60.9. The van der Waals surface area contributed by atoms with Crippen LogP contribution in [0.1, 0.15) is 86.9 Å². The van der Waals surface area contributed by atoms with E-state index in [4.69, 9.17) is 14.5 Å². The topological polar surface area (TPSA) is 257 Å².